The van der Waals surface area contributed by atoms with E-state index in [0.29, 0.717) is 17.8 Å². The first-order valence-electron chi connectivity index (χ1n) is 7.70. The number of amides is 1. The Labute approximate surface area is 137 Å². The molecule has 1 amide bonds. The summed E-state index contributed by atoms with van der Waals surface area (Å²) < 4.78 is 0. The van der Waals surface area contributed by atoms with Crippen LogP contribution in [0.25, 0.3) is 0 Å². The number of aliphatic imine (C=N–C) groups is 1. The Morgan fingerprint density at radius 2 is 2.09 bits per heavy atom. The predicted octanol–water partition coefficient (Wildman–Crippen LogP) is 2.81. The first-order chi connectivity index (χ1) is 11.0. The summed E-state index contributed by atoms with van der Waals surface area (Å²) in [7, 11) is 0. The van der Waals surface area contributed by atoms with Crippen molar-refractivity contribution in [2.45, 2.75) is 32.9 Å². The molecule has 1 heterocycles. The van der Waals surface area contributed by atoms with Gasteiger partial charge in [-0.05, 0) is 38.5 Å². The highest BCUT2D eigenvalue weighted by Crippen LogP contribution is 2.34. The first kappa shape index (κ1) is 16.8. The van der Waals surface area contributed by atoms with Crippen molar-refractivity contribution < 1.29 is 4.79 Å². The van der Waals surface area contributed by atoms with Crippen molar-refractivity contribution in [3.8, 4) is 6.07 Å². The van der Waals surface area contributed by atoms with E-state index < -0.39 is 0 Å². The van der Waals surface area contributed by atoms with Crippen molar-refractivity contribution in [2.24, 2.45) is 4.99 Å². The highest BCUT2D eigenvalue weighted by atomic mass is 16.1. The average molecular weight is 310 g/mol. The second-order valence-corrected chi connectivity index (χ2v) is 5.88. The van der Waals surface area contributed by atoms with Crippen molar-refractivity contribution >= 4 is 24.0 Å². The standard InChI is InChI=1S/C18H22N4O/c1-5-8-20-18-15(4)17(7-6-16(18)9-19)22-11-13(2)21(12-23)10-14(22)3/h5-8,12-14H,1,10-11H2,2-4H3/t13-,14+/m1/s1. The third-order valence-electron chi connectivity index (χ3n) is 4.31. The van der Waals surface area contributed by atoms with E-state index in [2.05, 4.69) is 29.5 Å². The molecule has 1 aromatic rings. The van der Waals surface area contributed by atoms with Gasteiger partial charge >= 0.3 is 0 Å². The van der Waals surface area contributed by atoms with Crippen LogP contribution in [0.1, 0.15) is 25.0 Å². The van der Waals surface area contributed by atoms with Crippen LogP contribution in [0.4, 0.5) is 11.4 Å². The maximum atomic E-state index is 11.1. The summed E-state index contributed by atoms with van der Waals surface area (Å²) in [5.41, 5.74) is 3.27. The zero-order valence-corrected chi connectivity index (χ0v) is 13.9. The lowest BCUT2D eigenvalue weighted by Gasteiger charge is -2.44. The molecule has 5 heteroatoms. The minimum Gasteiger partial charge on any atom is -0.365 e. The van der Waals surface area contributed by atoms with E-state index in [1.807, 2.05) is 30.9 Å². The fourth-order valence-corrected chi connectivity index (χ4v) is 3.02. The molecule has 1 aliphatic rings. The number of carbonyl (C=O) groups is 1. The molecule has 23 heavy (non-hydrogen) atoms. The summed E-state index contributed by atoms with van der Waals surface area (Å²) in [5.74, 6) is 0. The molecule has 1 aromatic carbocycles. The Morgan fingerprint density at radius 1 is 1.35 bits per heavy atom. The monoisotopic (exact) mass is 310 g/mol. The molecule has 1 saturated heterocycles. The van der Waals surface area contributed by atoms with E-state index in [1.165, 1.54) is 0 Å². The molecule has 0 spiro atoms. The number of benzene rings is 1. The van der Waals surface area contributed by atoms with Gasteiger partial charge in [0, 0.05) is 37.1 Å². The molecular formula is C18H22N4O. The third-order valence-corrected chi connectivity index (χ3v) is 4.31. The molecular weight excluding hydrogens is 288 g/mol. The molecule has 2 atom stereocenters. The molecule has 0 saturated carbocycles. The van der Waals surface area contributed by atoms with Gasteiger partial charge in [-0.3, -0.25) is 9.79 Å². The number of anilines is 1. The number of hydrogen-bond acceptors (Lipinski definition) is 4. The summed E-state index contributed by atoms with van der Waals surface area (Å²) in [6, 6.07) is 6.33. The predicted molar refractivity (Wildman–Crippen MR) is 93.3 cm³/mol. The second-order valence-electron chi connectivity index (χ2n) is 5.88. The van der Waals surface area contributed by atoms with Crippen LogP contribution < -0.4 is 4.90 Å². The summed E-state index contributed by atoms with van der Waals surface area (Å²) >= 11 is 0. The van der Waals surface area contributed by atoms with Gasteiger partial charge in [0.15, 0.2) is 0 Å². The zero-order chi connectivity index (χ0) is 17.0. The Bertz CT molecular complexity index is 674. The summed E-state index contributed by atoms with van der Waals surface area (Å²) in [5, 5.41) is 9.30. The lowest BCUT2D eigenvalue weighted by atomic mass is 10.0. The summed E-state index contributed by atoms with van der Waals surface area (Å²) in [6.07, 6.45) is 4.12. The number of hydrogen-bond donors (Lipinski definition) is 0. The first-order valence-corrected chi connectivity index (χ1v) is 7.70. The fraction of sp³-hybridized carbons (Fsp3) is 0.389. The van der Waals surface area contributed by atoms with E-state index in [0.717, 1.165) is 24.2 Å². The minimum atomic E-state index is 0.152. The van der Waals surface area contributed by atoms with Gasteiger partial charge in [0.05, 0.1) is 11.3 Å². The minimum absolute atomic E-state index is 0.152. The van der Waals surface area contributed by atoms with E-state index in [9.17, 15) is 10.1 Å². The summed E-state index contributed by atoms with van der Waals surface area (Å²) in [4.78, 5) is 19.6. The lowest BCUT2D eigenvalue weighted by molar-refractivity contribution is -0.120. The second kappa shape index (κ2) is 7.10. The summed E-state index contributed by atoms with van der Waals surface area (Å²) in [6.45, 7) is 11.2. The van der Waals surface area contributed by atoms with Crippen LogP contribution in [0.3, 0.4) is 0 Å². The van der Waals surface area contributed by atoms with Gasteiger partial charge in [0.1, 0.15) is 6.07 Å². The molecule has 0 bridgehead atoms. The quantitative estimate of drug-likeness (QED) is 0.634. The van der Waals surface area contributed by atoms with Gasteiger partial charge in [-0.25, -0.2) is 0 Å². The normalized spacial score (nSPS) is 21.3. The van der Waals surface area contributed by atoms with E-state index in [4.69, 9.17) is 0 Å². The third kappa shape index (κ3) is 3.26. The molecule has 1 fully saturated rings. The largest absolute Gasteiger partial charge is 0.365 e. The molecule has 0 unspecified atom stereocenters. The number of carbonyl (C=O) groups excluding carboxylic acids is 1. The fourth-order valence-electron chi connectivity index (χ4n) is 3.02. The smallest absolute Gasteiger partial charge is 0.210 e. The van der Waals surface area contributed by atoms with Crippen LogP contribution in [0.2, 0.25) is 0 Å². The van der Waals surface area contributed by atoms with Gasteiger partial charge in [0.25, 0.3) is 0 Å². The Hall–Kier alpha value is -2.61. The van der Waals surface area contributed by atoms with Crippen molar-refractivity contribution in [1.29, 1.82) is 5.26 Å². The van der Waals surface area contributed by atoms with Crippen LogP contribution in [0.5, 0.6) is 0 Å². The molecule has 0 aliphatic carbocycles. The van der Waals surface area contributed by atoms with Gasteiger partial charge in [0.2, 0.25) is 6.41 Å². The molecule has 120 valence electrons. The molecule has 1 aliphatic heterocycles. The van der Waals surface area contributed by atoms with Crippen LogP contribution in [-0.4, -0.2) is 42.7 Å². The molecule has 0 aromatic heterocycles. The van der Waals surface area contributed by atoms with Crippen LogP contribution in [-0.2, 0) is 4.79 Å². The van der Waals surface area contributed by atoms with E-state index in [1.54, 1.807) is 12.3 Å². The maximum Gasteiger partial charge on any atom is 0.210 e. The van der Waals surface area contributed by atoms with Crippen LogP contribution >= 0.6 is 0 Å². The van der Waals surface area contributed by atoms with Gasteiger partial charge in [-0.15, -0.1) is 0 Å². The lowest BCUT2D eigenvalue weighted by Crippen LogP contribution is -2.56. The van der Waals surface area contributed by atoms with Gasteiger partial charge in [-0.2, -0.15) is 5.26 Å². The Balaban J connectivity index is 2.44. The van der Waals surface area contributed by atoms with E-state index >= 15 is 0 Å². The number of piperazine rings is 1. The SMILES string of the molecule is C=CC=Nc1c(C#N)ccc(N2C[C@@H](C)N(C=O)C[C@@H]2C)c1C. The molecule has 5 nitrogen and oxygen atoms in total. The van der Waals surface area contributed by atoms with E-state index in [-0.39, 0.29) is 12.1 Å². The topological polar surface area (TPSA) is 59.7 Å². The van der Waals surface area contributed by atoms with Gasteiger partial charge < -0.3 is 9.80 Å². The van der Waals surface area contributed by atoms with Crippen LogP contribution in [0, 0.1) is 18.3 Å². The number of nitriles is 1. The number of allylic oxidation sites excluding steroid dienone is 1. The highest BCUT2D eigenvalue weighted by Gasteiger charge is 2.29. The van der Waals surface area contributed by atoms with Crippen molar-refractivity contribution in [2.75, 3.05) is 18.0 Å². The Morgan fingerprint density at radius 3 is 2.70 bits per heavy atom. The molecule has 0 radical (unpaired) electrons. The number of nitrogens with zero attached hydrogens (tertiary/aromatic N) is 4. The number of rotatable bonds is 4. The average Bonchev–Trinajstić information content (AvgIpc) is 2.55. The molecule has 2 rings (SSSR count). The zero-order valence-electron chi connectivity index (χ0n) is 13.9. The van der Waals surface area contributed by atoms with Crippen LogP contribution in [0.15, 0.2) is 29.8 Å². The van der Waals surface area contributed by atoms with Crippen molar-refractivity contribution in [1.82, 2.24) is 4.90 Å². The van der Waals surface area contributed by atoms with Crippen molar-refractivity contribution in [3.05, 3.63) is 35.9 Å². The molecule has 0 N–H and O–H groups in total. The maximum absolute atomic E-state index is 11.1. The Kier molecular flexibility index (Phi) is 5.17. The van der Waals surface area contributed by atoms with Crippen molar-refractivity contribution in [3.63, 3.8) is 0 Å². The highest BCUT2D eigenvalue weighted by molar-refractivity contribution is 5.79. The van der Waals surface area contributed by atoms with Gasteiger partial charge in [-0.1, -0.05) is 12.7 Å².